The standard InChI is InChI=1S/C27H30N2O5/c1-16(2)24(25(30)28-18-9-7-8-17(14-18)26(31)32)29-27(33)34-15-23-21-12-5-3-10-19(21)20-11-4-6-13-22(20)23/h3-7,9-13,16-18,23-24H,8,14-15H2,1-2H3,(H,28,30)(H,29,33)(H,31,32)/t17?,18?,24-/m0/s1. The number of ether oxygens (including phenoxy) is 1. The van der Waals surface area contributed by atoms with Crippen LogP contribution in [0, 0.1) is 11.8 Å². The second-order valence-electron chi connectivity index (χ2n) is 9.24. The summed E-state index contributed by atoms with van der Waals surface area (Å²) >= 11 is 0. The number of fused-ring (bicyclic) bond motifs is 3. The van der Waals surface area contributed by atoms with E-state index in [1.54, 1.807) is 6.08 Å². The normalized spacial score (nSPS) is 19.7. The first kappa shape index (κ1) is 23.5. The Balaban J connectivity index is 1.37. The molecule has 0 aliphatic heterocycles. The lowest BCUT2D eigenvalue weighted by Crippen LogP contribution is -2.52. The first-order chi connectivity index (χ1) is 16.3. The van der Waals surface area contributed by atoms with E-state index in [4.69, 9.17) is 4.74 Å². The molecule has 2 aliphatic rings. The van der Waals surface area contributed by atoms with Crippen LogP contribution < -0.4 is 10.6 Å². The Morgan fingerprint density at radius 3 is 2.24 bits per heavy atom. The highest BCUT2D eigenvalue weighted by Gasteiger charge is 2.31. The fourth-order valence-electron chi connectivity index (χ4n) is 4.77. The van der Waals surface area contributed by atoms with Gasteiger partial charge >= 0.3 is 12.1 Å². The molecule has 178 valence electrons. The quantitative estimate of drug-likeness (QED) is 0.538. The van der Waals surface area contributed by atoms with Gasteiger partial charge in [0.1, 0.15) is 12.6 Å². The third kappa shape index (κ3) is 4.98. The van der Waals surface area contributed by atoms with Gasteiger partial charge in [0.2, 0.25) is 5.91 Å². The van der Waals surface area contributed by atoms with Crippen molar-refractivity contribution in [1.29, 1.82) is 0 Å². The average molecular weight is 463 g/mol. The lowest BCUT2D eigenvalue weighted by Gasteiger charge is -2.27. The molecule has 0 saturated heterocycles. The third-order valence-corrected chi connectivity index (χ3v) is 6.57. The maximum Gasteiger partial charge on any atom is 0.407 e. The number of hydrogen-bond acceptors (Lipinski definition) is 4. The summed E-state index contributed by atoms with van der Waals surface area (Å²) in [4.78, 5) is 36.8. The molecule has 2 aromatic carbocycles. The van der Waals surface area contributed by atoms with Crippen LogP contribution in [-0.2, 0) is 14.3 Å². The molecule has 2 amide bonds. The molecule has 0 saturated carbocycles. The SMILES string of the molecule is CC(C)[C@H](NC(=O)OCC1c2ccccc2-c2ccccc21)C(=O)NC1C=CCC(C(=O)O)C1. The molecule has 0 radical (unpaired) electrons. The van der Waals surface area contributed by atoms with Gasteiger partial charge in [-0.1, -0.05) is 74.5 Å². The van der Waals surface area contributed by atoms with Gasteiger partial charge in [-0.15, -0.1) is 0 Å². The van der Waals surface area contributed by atoms with Gasteiger partial charge in [-0.2, -0.15) is 0 Å². The molecule has 2 unspecified atom stereocenters. The minimum absolute atomic E-state index is 0.0650. The van der Waals surface area contributed by atoms with Gasteiger partial charge in [0.25, 0.3) is 0 Å². The summed E-state index contributed by atoms with van der Waals surface area (Å²) < 4.78 is 5.59. The number of alkyl carbamates (subject to hydrolysis) is 1. The molecule has 0 heterocycles. The number of carboxylic acid groups (broad SMARTS) is 1. The number of hydrogen-bond donors (Lipinski definition) is 3. The molecule has 7 heteroatoms. The van der Waals surface area contributed by atoms with Crippen molar-refractivity contribution in [2.75, 3.05) is 6.61 Å². The lowest BCUT2D eigenvalue weighted by atomic mass is 9.90. The van der Waals surface area contributed by atoms with Crippen LogP contribution in [0.15, 0.2) is 60.7 Å². The maximum absolute atomic E-state index is 12.9. The Kier molecular flexibility index (Phi) is 7.01. The number of aliphatic carboxylic acids is 1. The second kappa shape index (κ2) is 10.1. The number of benzene rings is 2. The van der Waals surface area contributed by atoms with Crippen LogP contribution in [0.3, 0.4) is 0 Å². The van der Waals surface area contributed by atoms with E-state index in [2.05, 4.69) is 22.8 Å². The monoisotopic (exact) mass is 462 g/mol. The van der Waals surface area contributed by atoms with E-state index >= 15 is 0 Å². The van der Waals surface area contributed by atoms with E-state index in [9.17, 15) is 19.5 Å². The highest BCUT2D eigenvalue weighted by molar-refractivity contribution is 5.86. The van der Waals surface area contributed by atoms with Crippen molar-refractivity contribution in [1.82, 2.24) is 10.6 Å². The molecule has 3 N–H and O–H groups in total. The van der Waals surface area contributed by atoms with Gasteiger partial charge in [0.15, 0.2) is 0 Å². The Bertz CT molecular complexity index is 1060. The van der Waals surface area contributed by atoms with Crippen LogP contribution in [0.5, 0.6) is 0 Å². The van der Waals surface area contributed by atoms with Crippen molar-refractivity contribution >= 4 is 18.0 Å². The van der Waals surface area contributed by atoms with E-state index in [1.807, 2.05) is 56.3 Å². The Labute approximate surface area is 199 Å². The Morgan fingerprint density at radius 2 is 1.65 bits per heavy atom. The van der Waals surface area contributed by atoms with Crippen LogP contribution in [0.4, 0.5) is 4.79 Å². The van der Waals surface area contributed by atoms with Crippen molar-refractivity contribution < 1.29 is 24.2 Å². The number of carbonyl (C=O) groups is 3. The molecule has 4 rings (SSSR count). The van der Waals surface area contributed by atoms with E-state index in [1.165, 1.54) is 0 Å². The van der Waals surface area contributed by atoms with E-state index in [0.717, 1.165) is 22.3 Å². The minimum atomic E-state index is -0.874. The van der Waals surface area contributed by atoms with Crippen LogP contribution >= 0.6 is 0 Å². The molecule has 0 aromatic heterocycles. The van der Waals surface area contributed by atoms with E-state index in [-0.39, 0.29) is 30.4 Å². The number of carbonyl (C=O) groups excluding carboxylic acids is 2. The first-order valence-electron chi connectivity index (χ1n) is 11.7. The zero-order chi connectivity index (χ0) is 24.2. The Hall–Kier alpha value is -3.61. The molecular formula is C27H30N2O5. The fraction of sp³-hybridized carbons (Fsp3) is 0.370. The molecule has 3 atom stereocenters. The molecule has 0 fully saturated rings. The topological polar surface area (TPSA) is 105 Å². The number of amides is 2. The second-order valence-corrected chi connectivity index (χ2v) is 9.24. The van der Waals surface area contributed by atoms with E-state index < -0.39 is 24.0 Å². The van der Waals surface area contributed by atoms with Gasteiger partial charge in [-0.3, -0.25) is 9.59 Å². The summed E-state index contributed by atoms with van der Waals surface area (Å²) in [5.41, 5.74) is 4.52. The van der Waals surface area contributed by atoms with Crippen molar-refractivity contribution in [3.05, 3.63) is 71.8 Å². The van der Waals surface area contributed by atoms with Gasteiger partial charge in [0, 0.05) is 12.0 Å². The van der Waals surface area contributed by atoms with Gasteiger partial charge < -0.3 is 20.5 Å². The first-order valence-corrected chi connectivity index (χ1v) is 11.7. The van der Waals surface area contributed by atoms with Crippen molar-refractivity contribution in [3.8, 4) is 11.1 Å². The lowest BCUT2D eigenvalue weighted by molar-refractivity contribution is -0.142. The molecule has 7 nitrogen and oxygen atoms in total. The highest BCUT2D eigenvalue weighted by Crippen LogP contribution is 2.44. The number of rotatable bonds is 7. The number of nitrogens with one attached hydrogen (secondary N) is 2. The highest BCUT2D eigenvalue weighted by atomic mass is 16.5. The Morgan fingerprint density at radius 1 is 1.03 bits per heavy atom. The van der Waals surface area contributed by atoms with Crippen molar-refractivity contribution in [3.63, 3.8) is 0 Å². The molecule has 0 spiro atoms. The molecule has 2 aromatic rings. The molecule has 0 bridgehead atoms. The maximum atomic E-state index is 12.9. The summed E-state index contributed by atoms with van der Waals surface area (Å²) in [5.74, 6) is -2.00. The van der Waals surface area contributed by atoms with Crippen molar-refractivity contribution in [2.45, 2.75) is 44.7 Å². The molecule has 34 heavy (non-hydrogen) atoms. The summed E-state index contributed by atoms with van der Waals surface area (Å²) in [6.45, 7) is 3.84. The smallest absolute Gasteiger partial charge is 0.407 e. The van der Waals surface area contributed by atoms with Crippen LogP contribution in [0.25, 0.3) is 11.1 Å². The minimum Gasteiger partial charge on any atom is -0.481 e. The number of allylic oxidation sites excluding steroid dienone is 1. The van der Waals surface area contributed by atoms with Crippen LogP contribution in [-0.4, -0.2) is 41.8 Å². The largest absolute Gasteiger partial charge is 0.481 e. The average Bonchev–Trinajstić information content (AvgIpc) is 3.15. The van der Waals surface area contributed by atoms with Gasteiger partial charge in [0.05, 0.1) is 5.92 Å². The predicted octanol–water partition coefficient (Wildman–Crippen LogP) is 4.09. The summed E-state index contributed by atoms with van der Waals surface area (Å²) in [6.07, 6.45) is 3.71. The number of carboxylic acids is 1. The zero-order valence-electron chi connectivity index (χ0n) is 19.4. The molecule has 2 aliphatic carbocycles. The summed E-state index contributed by atoms with van der Waals surface area (Å²) in [5, 5.41) is 14.8. The van der Waals surface area contributed by atoms with Gasteiger partial charge in [-0.05, 0) is 41.0 Å². The van der Waals surface area contributed by atoms with Crippen LogP contribution in [0.2, 0.25) is 0 Å². The third-order valence-electron chi connectivity index (χ3n) is 6.57. The molecular weight excluding hydrogens is 432 g/mol. The zero-order valence-corrected chi connectivity index (χ0v) is 19.4. The summed E-state index contributed by atoms with van der Waals surface area (Å²) in [6, 6.07) is 15.0. The summed E-state index contributed by atoms with van der Waals surface area (Å²) in [7, 11) is 0. The van der Waals surface area contributed by atoms with E-state index in [0.29, 0.717) is 12.8 Å². The fourth-order valence-corrected chi connectivity index (χ4v) is 4.77. The van der Waals surface area contributed by atoms with Crippen molar-refractivity contribution in [2.24, 2.45) is 11.8 Å². The van der Waals surface area contributed by atoms with Crippen LogP contribution in [0.1, 0.15) is 43.7 Å². The van der Waals surface area contributed by atoms with Gasteiger partial charge in [-0.25, -0.2) is 4.79 Å². The predicted molar refractivity (Wildman–Crippen MR) is 128 cm³/mol.